The van der Waals surface area contributed by atoms with E-state index in [4.69, 9.17) is 9.47 Å². The molecule has 4 aliphatic rings. The second kappa shape index (κ2) is 4.00. The second-order valence-corrected chi connectivity index (χ2v) is 5.53. The molecular weight excluding hydrogens is 220 g/mol. The van der Waals surface area contributed by atoms with Crippen molar-refractivity contribution in [1.82, 2.24) is 0 Å². The maximum atomic E-state index is 11.7. The Balaban J connectivity index is 1.78. The Morgan fingerprint density at radius 1 is 1.29 bits per heavy atom. The summed E-state index contributed by atoms with van der Waals surface area (Å²) in [5.41, 5.74) is 0. The van der Waals surface area contributed by atoms with Gasteiger partial charge in [0.1, 0.15) is 12.2 Å². The third-order valence-corrected chi connectivity index (χ3v) is 4.41. The van der Waals surface area contributed by atoms with Gasteiger partial charge in [0.15, 0.2) is 0 Å². The average molecular weight is 238 g/mol. The fourth-order valence-electron chi connectivity index (χ4n) is 3.69. The summed E-state index contributed by atoms with van der Waals surface area (Å²) in [6.45, 7) is 1.82. The lowest BCUT2D eigenvalue weighted by atomic mass is 9.66. The maximum absolute atomic E-state index is 11.7. The van der Waals surface area contributed by atoms with Crippen molar-refractivity contribution in [2.24, 2.45) is 17.8 Å². The first kappa shape index (κ1) is 11.1. The molecule has 4 heteroatoms. The molecule has 0 N–H and O–H groups in total. The van der Waals surface area contributed by atoms with Crippen LogP contribution in [0.25, 0.3) is 0 Å². The van der Waals surface area contributed by atoms with Crippen LogP contribution in [0.15, 0.2) is 0 Å². The molecule has 2 saturated carbocycles. The maximum Gasteiger partial charge on any atom is 0.309 e. The largest absolute Gasteiger partial charge is 0.462 e. The van der Waals surface area contributed by atoms with Crippen molar-refractivity contribution < 1.29 is 19.1 Å². The molecule has 2 heterocycles. The molecule has 0 spiro atoms. The molecular formula is C13H18O4. The van der Waals surface area contributed by atoms with Crippen LogP contribution in [0.1, 0.15) is 39.0 Å². The van der Waals surface area contributed by atoms with E-state index in [-0.39, 0.29) is 30.1 Å². The van der Waals surface area contributed by atoms with Gasteiger partial charge in [-0.25, -0.2) is 0 Å². The van der Waals surface area contributed by atoms with E-state index in [0.29, 0.717) is 18.3 Å². The van der Waals surface area contributed by atoms with Gasteiger partial charge in [-0.05, 0) is 25.7 Å². The van der Waals surface area contributed by atoms with Crippen molar-refractivity contribution in [2.75, 3.05) is 0 Å². The summed E-state index contributed by atoms with van der Waals surface area (Å²) < 4.78 is 11.0. The van der Waals surface area contributed by atoms with E-state index in [9.17, 15) is 9.59 Å². The molecule has 0 aromatic rings. The van der Waals surface area contributed by atoms with Crippen LogP contribution >= 0.6 is 0 Å². The van der Waals surface area contributed by atoms with Gasteiger partial charge in [0.2, 0.25) is 0 Å². The predicted molar refractivity (Wildman–Crippen MR) is 59.0 cm³/mol. The Labute approximate surface area is 101 Å². The molecule has 2 aliphatic carbocycles. The zero-order valence-electron chi connectivity index (χ0n) is 10.1. The van der Waals surface area contributed by atoms with E-state index in [1.165, 1.54) is 0 Å². The molecule has 0 aromatic heterocycles. The van der Waals surface area contributed by atoms with Gasteiger partial charge in [-0.15, -0.1) is 0 Å². The van der Waals surface area contributed by atoms with Crippen molar-refractivity contribution in [3.8, 4) is 0 Å². The zero-order chi connectivity index (χ0) is 12.0. The van der Waals surface area contributed by atoms with Gasteiger partial charge in [-0.2, -0.15) is 0 Å². The lowest BCUT2D eigenvalue weighted by Crippen LogP contribution is -2.45. The molecule has 0 aromatic carbocycles. The van der Waals surface area contributed by atoms with Crippen LogP contribution in [0.5, 0.6) is 0 Å². The Kier molecular flexibility index (Phi) is 2.60. The Hall–Kier alpha value is -1.06. The van der Waals surface area contributed by atoms with Crippen molar-refractivity contribution in [2.45, 2.75) is 51.2 Å². The average Bonchev–Trinajstić information content (AvgIpc) is 2.48. The third kappa shape index (κ3) is 1.83. The molecule has 2 atom stereocenters. The van der Waals surface area contributed by atoms with Crippen LogP contribution in [0, 0.1) is 17.8 Å². The zero-order valence-corrected chi connectivity index (χ0v) is 10.1. The molecule has 2 aliphatic heterocycles. The predicted octanol–water partition coefficient (Wildman–Crippen LogP) is 1.67. The van der Waals surface area contributed by atoms with Crippen molar-refractivity contribution in [3.05, 3.63) is 0 Å². The van der Waals surface area contributed by atoms with Crippen LogP contribution in [0.4, 0.5) is 0 Å². The Morgan fingerprint density at radius 2 is 1.94 bits per heavy atom. The Bertz CT molecular complexity index is 335. The Morgan fingerprint density at radius 3 is 2.53 bits per heavy atom. The molecule has 2 unspecified atom stereocenters. The number of esters is 2. The van der Waals surface area contributed by atoms with Crippen molar-refractivity contribution in [1.29, 1.82) is 0 Å². The SMILES string of the molecule is CCC(=O)OC1C2CC3CC1CC(C2)C(=O)O3. The molecule has 0 amide bonds. The lowest BCUT2D eigenvalue weighted by Gasteiger charge is -2.42. The molecule has 0 radical (unpaired) electrons. The molecule has 4 fully saturated rings. The fraction of sp³-hybridized carbons (Fsp3) is 0.846. The van der Waals surface area contributed by atoms with E-state index < -0.39 is 0 Å². The van der Waals surface area contributed by atoms with Crippen LogP contribution in [-0.2, 0) is 19.1 Å². The van der Waals surface area contributed by atoms with Gasteiger partial charge in [-0.3, -0.25) is 9.59 Å². The fourth-order valence-corrected chi connectivity index (χ4v) is 3.69. The molecule has 17 heavy (non-hydrogen) atoms. The minimum absolute atomic E-state index is 0.0275. The first-order valence-corrected chi connectivity index (χ1v) is 6.57. The highest BCUT2D eigenvalue weighted by molar-refractivity contribution is 5.74. The van der Waals surface area contributed by atoms with Gasteiger partial charge in [-0.1, -0.05) is 6.92 Å². The van der Waals surface area contributed by atoms with E-state index in [0.717, 1.165) is 25.7 Å². The summed E-state index contributed by atoms with van der Waals surface area (Å²) in [4.78, 5) is 23.2. The number of ether oxygens (including phenoxy) is 2. The standard InChI is InChI=1S/C13H18O4/c1-2-11(14)17-12-7-3-9-4-8(12)6-10(5-7)16-13(9)15/h7-10,12H,2-6H2,1H3. The number of carbonyl (C=O) groups is 2. The molecule has 4 bridgehead atoms. The van der Waals surface area contributed by atoms with Gasteiger partial charge in [0, 0.05) is 18.3 Å². The molecule has 2 saturated heterocycles. The summed E-state index contributed by atoms with van der Waals surface area (Å²) in [5.74, 6) is 0.571. The molecule has 4 rings (SSSR count). The van der Waals surface area contributed by atoms with Crippen LogP contribution in [0.3, 0.4) is 0 Å². The van der Waals surface area contributed by atoms with Crippen molar-refractivity contribution in [3.63, 3.8) is 0 Å². The van der Waals surface area contributed by atoms with E-state index in [1.54, 1.807) is 0 Å². The van der Waals surface area contributed by atoms with Gasteiger partial charge >= 0.3 is 11.9 Å². The highest BCUT2D eigenvalue weighted by Gasteiger charge is 2.51. The number of hydrogen-bond acceptors (Lipinski definition) is 4. The first-order chi connectivity index (χ1) is 8.17. The molecule has 94 valence electrons. The summed E-state index contributed by atoms with van der Waals surface area (Å²) in [5, 5.41) is 0. The highest BCUT2D eigenvalue weighted by Crippen LogP contribution is 2.48. The first-order valence-electron chi connectivity index (χ1n) is 6.57. The lowest BCUT2D eigenvalue weighted by molar-refractivity contribution is -0.163. The van der Waals surface area contributed by atoms with E-state index in [2.05, 4.69) is 0 Å². The summed E-state index contributed by atoms with van der Waals surface area (Å²) in [6.07, 6.45) is 3.96. The van der Waals surface area contributed by atoms with Gasteiger partial charge in [0.25, 0.3) is 0 Å². The monoisotopic (exact) mass is 238 g/mol. The summed E-state index contributed by atoms with van der Waals surface area (Å²) in [7, 11) is 0. The van der Waals surface area contributed by atoms with Gasteiger partial charge < -0.3 is 9.47 Å². The summed E-state index contributed by atoms with van der Waals surface area (Å²) >= 11 is 0. The number of hydrogen-bond donors (Lipinski definition) is 0. The quantitative estimate of drug-likeness (QED) is 0.687. The minimum atomic E-state index is -0.117. The summed E-state index contributed by atoms with van der Waals surface area (Å²) in [6, 6.07) is 0. The second-order valence-electron chi connectivity index (χ2n) is 5.53. The van der Waals surface area contributed by atoms with Crippen LogP contribution in [0.2, 0.25) is 0 Å². The topological polar surface area (TPSA) is 52.6 Å². The van der Waals surface area contributed by atoms with Crippen LogP contribution in [-0.4, -0.2) is 24.1 Å². The van der Waals surface area contributed by atoms with Crippen molar-refractivity contribution >= 4 is 11.9 Å². The number of carbonyl (C=O) groups excluding carboxylic acids is 2. The highest BCUT2D eigenvalue weighted by atomic mass is 16.6. The van der Waals surface area contributed by atoms with E-state index in [1.807, 2.05) is 6.92 Å². The number of rotatable bonds is 2. The normalized spacial score (nSPS) is 43.1. The number of fused-ring (bicyclic) bond motifs is 1. The third-order valence-electron chi connectivity index (χ3n) is 4.41. The van der Waals surface area contributed by atoms with Crippen LogP contribution < -0.4 is 0 Å². The van der Waals surface area contributed by atoms with E-state index >= 15 is 0 Å². The minimum Gasteiger partial charge on any atom is -0.462 e. The molecule has 4 nitrogen and oxygen atoms in total. The van der Waals surface area contributed by atoms with Gasteiger partial charge in [0.05, 0.1) is 5.92 Å². The smallest absolute Gasteiger partial charge is 0.309 e.